The topological polar surface area (TPSA) is 69.2 Å². The number of hydrogen-bond donors (Lipinski definition) is 1. The largest absolute Gasteiger partial charge is 0.328 e. The minimum absolute atomic E-state index is 0.0251. The van der Waals surface area contributed by atoms with E-state index in [1.807, 2.05) is 26.0 Å². The first-order chi connectivity index (χ1) is 7.04. The minimum atomic E-state index is -0.330. The van der Waals surface area contributed by atoms with Gasteiger partial charge in [-0.2, -0.15) is 0 Å². The Morgan fingerprint density at radius 3 is 2.67 bits per heavy atom. The molecule has 1 unspecified atom stereocenters. The highest BCUT2D eigenvalue weighted by atomic mass is 16.6. The number of rotatable bonds is 4. The normalized spacial score (nSPS) is 12.5. The standard InChI is InChI=1S/C11H16N2O2/c1-3-10-5-4-9(6-8(2)12)7-11(10)13(14)15/h4-5,7-8H,3,6,12H2,1-2H3. The summed E-state index contributed by atoms with van der Waals surface area (Å²) in [6.07, 6.45) is 1.35. The molecule has 0 spiro atoms. The van der Waals surface area contributed by atoms with Gasteiger partial charge in [0.05, 0.1) is 4.92 Å². The molecule has 1 rings (SSSR count). The summed E-state index contributed by atoms with van der Waals surface area (Å²) in [6, 6.07) is 5.38. The van der Waals surface area contributed by atoms with E-state index in [2.05, 4.69) is 0 Å². The van der Waals surface area contributed by atoms with Crippen molar-refractivity contribution in [1.82, 2.24) is 0 Å². The molecule has 0 radical (unpaired) electrons. The van der Waals surface area contributed by atoms with E-state index in [-0.39, 0.29) is 16.7 Å². The van der Waals surface area contributed by atoms with Gasteiger partial charge < -0.3 is 5.73 Å². The lowest BCUT2D eigenvalue weighted by Crippen LogP contribution is -2.17. The van der Waals surface area contributed by atoms with Gasteiger partial charge in [-0.05, 0) is 25.3 Å². The number of aryl methyl sites for hydroxylation is 1. The molecule has 4 nitrogen and oxygen atoms in total. The molecule has 0 bridgehead atoms. The third kappa shape index (κ3) is 3.02. The van der Waals surface area contributed by atoms with Crippen LogP contribution in [0.2, 0.25) is 0 Å². The van der Waals surface area contributed by atoms with E-state index < -0.39 is 0 Å². The zero-order valence-corrected chi connectivity index (χ0v) is 9.06. The van der Waals surface area contributed by atoms with Crippen molar-refractivity contribution in [3.05, 3.63) is 39.4 Å². The summed E-state index contributed by atoms with van der Waals surface area (Å²) in [5.74, 6) is 0. The van der Waals surface area contributed by atoms with Gasteiger partial charge in [0.15, 0.2) is 0 Å². The van der Waals surface area contributed by atoms with Crippen LogP contribution in [0.4, 0.5) is 5.69 Å². The van der Waals surface area contributed by atoms with Crippen molar-refractivity contribution in [2.45, 2.75) is 32.7 Å². The van der Waals surface area contributed by atoms with E-state index in [0.717, 1.165) is 11.1 Å². The summed E-state index contributed by atoms with van der Waals surface area (Å²) in [4.78, 5) is 10.5. The number of nitrogens with zero attached hydrogens (tertiary/aromatic N) is 1. The summed E-state index contributed by atoms with van der Waals surface area (Å²) < 4.78 is 0. The zero-order valence-electron chi connectivity index (χ0n) is 9.06. The molecule has 0 aliphatic heterocycles. The monoisotopic (exact) mass is 208 g/mol. The Morgan fingerprint density at radius 1 is 1.53 bits per heavy atom. The molecular weight excluding hydrogens is 192 g/mol. The lowest BCUT2D eigenvalue weighted by molar-refractivity contribution is -0.385. The molecule has 0 aromatic heterocycles. The Hall–Kier alpha value is -1.42. The van der Waals surface area contributed by atoms with Crippen molar-refractivity contribution in [1.29, 1.82) is 0 Å². The molecule has 1 atom stereocenters. The van der Waals surface area contributed by atoms with Crippen molar-refractivity contribution in [2.75, 3.05) is 0 Å². The summed E-state index contributed by atoms with van der Waals surface area (Å²) >= 11 is 0. The van der Waals surface area contributed by atoms with Gasteiger partial charge in [-0.15, -0.1) is 0 Å². The highest BCUT2D eigenvalue weighted by molar-refractivity contribution is 5.43. The van der Waals surface area contributed by atoms with Crippen molar-refractivity contribution in [3.63, 3.8) is 0 Å². The van der Waals surface area contributed by atoms with E-state index in [9.17, 15) is 10.1 Å². The van der Waals surface area contributed by atoms with Crippen molar-refractivity contribution < 1.29 is 4.92 Å². The van der Waals surface area contributed by atoms with Crippen LogP contribution in [-0.2, 0) is 12.8 Å². The second-order valence-corrected chi connectivity index (χ2v) is 3.76. The Kier molecular flexibility index (Phi) is 3.80. The van der Waals surface area contributed by atoms with Crippen LogP contribution in [0, 0.1) is 10.1 Å². The third-order valence-electron chi connectivity index (χ3n) is 2.28. The Balaban J connectivity index is 3.05. The molecule has 82 valence electrons. The fraction of sp³-hybridized carbons (Fsp3) is 0.455. The van der Waals surface area contributed by atoms with E-state index in [0.29, 0.717) is 12.8 Å². The van der Waals surface area contributed by atoms with Gasteiger partial charge in [-0.1, -0.05) is 19.1 Å². The van der Waals surface area contributed by atoms with E-state index in [1.165, 1.54) is 0 Å². The van der Waals surface area contributed by atoms with Crippen LogP contribution in [0.1, 0.15) is 25.0 Å². The predicted octanol–water partition coefficient (Wildman–Crippen LogP) is 2.05. The van der Waals surface area contributed by atoms with Gasteiger partial charge >= 0.3 is 0 Å². The first kappa shape index (κ1) is 11.7. The molecule has 0 saturated carbocycles. The van der Waals surface area contributed by atoms with E-state index in [1.54, 1.807) is 6.07 Å². The van der Waals surface area contributed by atoms with Gasteiger partial charge in [-0.3, -0.25) is 10.1 Å². The molecule has 0 saturated heterocycles. The summed E-state index contributed by atoms with van der Waals surface area (Å²) in [5, 5.41) is 10.8. The van der Waals surface area contributed by atoms with Gasteiger partial charge in [-0.25, -0.2) is 0 Å². The van der Waals surface area contributed by atoms with Crippen LogP contribution < -0.4 is 5.73 Å². The average molecular weight is 208 g/mol. The van der Waals surface area contributed by atoms with Gasteiger partial charge in [0.1, 0.15) is 0 Å². The second kappa shape index (κ2) is 4.89. The molecule has 15 heavy (non-hydrogen) atoms. The van der Waals surface area contributed by atoms with Crippen LogP contribution >= 0.6 is 0 Å². The van der Waals surface area contributed by atoms with Gasteiger partial charge in [0, 0.05) is 17.7 Å². The summed E-state index contributed by atoms with van der Waals surface area (Å²) in [6.45, 7) is 3.80. The number of hydrogen-bond acceptors (Lipinski definition) is 3. The number of nitrogens with two attached hydrogens (primary N) is 1. The van der Waals surface area contributed by atoms with Crippen LogP contribution in [0.3, 0.4) is 0 Å². The lowest BCUT2D eigenvalue weighted by Gasteiger charge is -2.06. The molecule has 2 N–H and O–H groups in total. The highest BCUT2D eigenvalue weighted by Crippen LogP contribution is 2.21. The number of benzene rings is 1. The van der Waals surface area contributed by atoms with Crippen molar-refractivity contribution in [2.24, 2.45) is 5.73 Å². The maximum absolute atomic E-state index is 10.8. The molecule has 0 aliphatic carbocycles. The summed E-state index contributed by atoms with van der Waals surface area (Å²) in [5.41, 5.74) is 7.55. The second-order valence-electron chi connectivity index (χ2n) is 3.76. The maximum atomic E-state index is 10.8. The Bertz CT molecular complexity index is 362. The Labute approximate surface area is 89.2 Å². The minimum Gasteiger partial charge on any atom is -0.328 e. The fourth-order valence-corrected chi connectivity index (χ4v) is 1.58. The number of nitro groups is 1. The van der Waals surface area contributed by atoms with Crippen LogP contribution in [0.25, 0.3) is 0 Å². The lowest BCUT2D eigenvalue weighted by atomic mass is 10.0. The van der Waals surface area contributed by atoms with Crippen LogP contribution in [0.5, 0.6) is 0 Å². The van der Waals surface area contributed by atoms with Crippen molar-refractivity contribution in [3.8, 4) is 0 Å². The molecule has 1 aromatic carbocycles. The van der Waals surface area contributed by atoms with Gasteiger partial charge in [0.2, 0.25) is 0 Å². The highest BCUT2D eigenvalue weighted by Gasteiger charge is 2.13. The van der Waals surface area contributed by atoms with E-state index in [4.69, 9.17) is 5.73 Å². The molecule has 0 fully saturated rings. The van der Waals surface area contributed by atoms with Crippen molar-refractivity contribution >= 4 is 5.69 Å². The van der Waals surface area contributed by atoms with E-state index >= 15 is 0 Å². The fourth-order valence-electron chi connectivity index (χ4n) is 1.58. The molecular formula is C11H16N2O2. The third-order valence-corrected chi connectivity index (χ3v) is 2.28. The maximum Gasteiger partial charge on any atom is 0.272 e. The smallest absolute Gasteiger partial charge is 0.272 e. The van der Waals surface area contributed by atoms with Gasteiger partial charge in [0.25, 0.3) is 5.69 Å². The average Bonchev–Trinajstić information content (AvgIpc) is 2.16. The van der Waals surface area contributed by atoms with Crippen LogP contribution in [0.15, 0.2) is 18.2 Å². The first-order valence-corrected chi connectivity index (χ1v) is 5.06. The molecule has 0 heterocycles. The zero-order chi connectivity index (χ0) is 11.4. The predicted molar refractivity (Wildman–Crippen MR) is 59.8 cm³/mol. The van der Waals surface area contributed by atoms with Crippen LogP contribution in [-0.4, -0.2) is 11.0 Å². The molecule has 0 amide bonds. The molecule has 1 aromatic rings. The Morgan fingerprint density at radius 2 is 2.20 bits per heavy atom. The summed E-state index contributed by atoms with van der Waals surface area (Å²) in [7, 11) is 0. The SMILES string of the molecule is CCc1ccc(CC(C)N)cc1[N+](=O)[O-]. The molecule has 4 heteroatoms. The first-order valence-electron chi connectivity index (χ1n) is 5.06. The quantitative estimate of drug-likeness (QED) is 0.608. The number of nitro benzene ring substituents is 1. The molecule has 0 aliphatic rings.